The molecule has 2 aliphatic rings. The second-order valence-corrected chi connectivity index (χ2v) is 7.43. The minimum Gasteiger partial charge on any atom is -0.367 e. The first kappa shape index (κ1) is 18.3. The molecule has 1 N–H and O–H groups in total. The zero-order chi connectivity index (χ0) is 19.0. The topological polar surface area (TPSA) is 46.0 Å². The van der Waals surface area contributed by atoms with Gasteiger partial charge in [-0.25, -0.2) is 4.68 Å². The fraction of sp³-hybridized carbons (Fsp3) is 0.579. The number of nitrogens with zero attached hydrogens (tertiary/aromatic N) is 4. The van der Waals surface area contributed by atoms with Crippen molar-refractivity contribution in [3.63, 3.8) is 0 Å². The average molecular weight is 379 g/mol. The predicted octanol–water partition coefficient (Wildman–Crippen LogP) is 4.31. The van der Waals surface area contributed by atoms with E-state index in [1.54, 1.807) is 6.20 Å². The molecular weight excluding hydrogens is 355 g/mol. The Balaban J connectivity index is 1.60. The van der Waals surface area contributed by atoms with Gasteiger partial charge in [-0.1, -0.05) is 13.0 Å². The standard InChI is InChI=1S/C19H24F3N5/c1-2-14-9-17(19(20,21)22)27-18(24-14)10-15(25-27)16-6-4-8-26(16)12-13-5-3-7-23-11-13/h3,5,7,10-11,14,16-17,24H,2,4,6,8-9,12H2,1H3/t14-,16?,17-/m1/s1. The van der Waals surface area contributed by atoms with Crippen LogP contribution in [0.3, 0.4) is 0 Å². The quantitative estimate of drug-likeness (QED) is 0.860. The van der Waals surface area contributed by atoms with Gasteiger partial charge in [-0.2, -0.15) is 18.3 Å². The van der Waals surface area contributed by atoms with Crippen molar-refractivity contribution in [3.8, 4) is 0 Å². The Bertz CT molecular complexity index is 773. The van der Waals surface area contributed by atoms with Crippen molar-refractivity contribution >= 4 is 5.82 Å². The zero-order valence-corrected chi connectivity index (χ0v) is 15.3. The molecule has 0 aliphatic carbocycles. The molecule has 0 radical (unpaired) electrons. The van der Waals surface area contributed by atoms with Crippen LogP contribution < -0.4 is 5.32 Å². The monoisotopic (exact) mass is 379 g/mol. The van der Waals surface area contributed by atoms with Crippen LogP contribution in [0.4, 0.5) is 19.0 Å². The summed E-state index contributed by atoms with van der Waals surface area (Å²) >= 11 is 0. The van der Waals surface area contributed by atoms with Crippen LogP contribution in [0.1, 0.15) is 55.9 Å². The summed E-state index contributed by atoms with van der Waals surface area (Å²) in [6.45, 7) is 3.55. The van der Waals surface area contributed by atoms with E-state index in [4.69, 9.17) is 0 Å². The van der Waals surface area contributed by atoms with Crippen molar-refractivity contribution in [1.82, 2.24) is 19.7 Å². The molecule has 3 atom stereocenters. The van der Waals surface area contributed by atoms with E-state index < -0.39 is 12.2 Å². The molecule has 0 amide bonds. The van der Waals surface area contributed by atoms with Crippen molar-refractivity contribution in [2.24, 2.45) is 0 Å². The first-order valence-corrected chi connectivity index (χ1v) is 9.51. The highest BCUT2D eigenvalue weighted by molar-refractivity contribution is 5.42. The van der Waals surface area contributed by atoms with Gasteiger partial charge >= 0.3 is 6.18 Å². The van der Waals surface area contributed by atoms with Crippen LogP contribution in [-0.4, -0.2) is 38.4 Å². The summed E-state index contributed by atoms with van der Waals surface area (Å²) < 4.78 is 41.9. The van der Waals surface area contributed by atoms with Gasteiger partial charge in [0.05, 0.1) is 11.7 Å². The number of hydrogen-bond donors (Lipinski definition) is 1. The summed E-state index contributed by atoms with van der Waals surface area (Å²) in [6, 6.07) is 4.04. The van der Waals surface area contributed by atoms with Crippen molar-refractivity contribution in [2.75, 3.05) is 11.9 Å². The molecule has 27 heavy (non-hydrogen) atoms. The number of hydrogen-bond acceptors (Lipinski definition) is 4. The Morgan fingerprint density at radius 3 is 2.89 bits per heavy atom. The zero-order valence-electron chi connectivity index (χ0n) is 15.3. The molecule has 2 aromatic rings. The summed E-state index contributed by atoms with van der Waals surface area (Å²) in [7, 11) is 0. The smallest absolute Gasteiger partial charge is 0.367 e. The third-order valence-electron chi connectivity index (χ3n) is 5.59. The predicted molar refractivity (Wildman–Crippen MR) is 96.3 cm³/mol. The number of aromatic nitrogens is 3. The first-order valence-electron chi connectivity index (χ1n) is 9.51. The van der Waals surface area contributed by atoms with Crippen LogP contribution in [-0.2, 0) is 6.54 Å². The Hall–Kier alpha value is -2.09. The Morgan fingerprint density at radius 1 is 1.33 bits per heavy atom. The largest absolute Gasteiger partial charge is 0.410 e. The SMILES string of the molecule is CC[C@@H]1C[C@H](C(F)(F)F)n2nc(C3CCCN3Cc3cccnc3)cc2N1. The van der Waals surface area contributed by atoms with Gasteiger partial charge in [0.2, 0.25) is 0 Å². The number of alkyl halides is 3. The molecule has 1 fully saturated rings. The third-order valence-corrected chi connectivity index (χ3v) is 5.59. The van der Waals surface area contributed by atoms with Crippen molar-refractivity contribution < 1.29 is 13.2 Å². The highest BCUT2D eigenvalue weighted by Gasteiger charge is 2.46. The summed E-state index contributed by atoms with van der Waals surface area (Å²) in [5.41, 5.74) is 1.83. The lowest BCUT2D eigenvalue weighted by molar-refractivity contribution is -0.173. The van der Waals surface area contributed by atoms with Crippen LogP contribution in [0.2, 0.25) is 0 Å². The molecule has 4 rings (SSSR count). The highest BCUT2D eigenvalue weighted by Crippen LogP contribution is 2.42. The molecule has 1 unspecified atom stereocenters. The molecule has 2 aliphatic heterocycles. The maximum absolute atomic E-state index is 13.6. The molecule has 2 aromatic heterocycles. The Kier molecular flexibility index (Phi) is 4.84. The van der Waals surface area contributed by atoms with Crippen LogP contribution in [0, 0.1) is 0 Å². The Morgan fingerprint density at radius 2 is 2.19 bits per heavy atom. The minimum absolute atomic E-state index is 0.0260. The van der Waals surface area contributed by atoms with E-state index in [0.29, 0.717) is 12.2 Å². The normalized spacial score (nSPS) is 26.0. The number of halogens is 3. The molecule has 146 valence electrons. The number of pyridine rings is 1. The average Bonchev–Trinajstić information content (AvgIpc) is 3.26. The van der Waals surface area contributed by atoms with Gasteiger partial charge in [-0.3, -0.25) is 9.88 Å². The number of rotatable bonds is 4. The first-order chi connectivity index (χ1) is 13.0. The molecule has 5 nitrogen and oxygen atoms in total. The summed E-state index contributed by atoms with van der Waals surface area (Å²) in [4.78, 5) is 6.43. The van der Waals surface area contributed by atoms with Gasteiger partial charge < -0.3 is 5.32 Å². The number of nitrogens with one attached hydrogen (secondary N) is 1. The van der Waals surface area contributed by atoms with E-state index in [1.165, 1.54) is 0 Å². The molecule has 0 spiro atoms. The van der Waals surface area contributed by atoms with Crippen LogP contribution >= 0.6 is 0 Å². The van der Waals surface area contributed by atoms with E-state index in [9.17, 15) is 13.2 Å². The van der Waals surface area contributed by atoms with Gasteiger partial charge in [0.25, 0.3) is 0 Å². The van der Waals surface area contributed by atoms with E-state index in [1.807, 2.05) is 31.3 Å². The second-order valence-electron chi connectivity index (χ2n) is 7.43. The number of fused-ring (bicyclic) bond motifs is 1. The molecule has 0 aromatic carbocycles. The molecule has 0 saturated carbocycles. The number of anilines is 1. The lowest BCUT2D eigenvalue weighted by atomic mass is 10.0. The molecule has 1 saturated heterocycles. The molecular formula is C19H24F3N5. The van der Waals surface area contributed by atoms with Gasteiger partial charge in [0.15, 0.2) is 6.04 Å². The van der Waals surface area contributed by atoms with Gasteiger partial charge in [-0.15, -0.1) is 0 Å². The highest BCUT2D eigenvalue weighted by atomic mass is 19.4. The van der Waals surface area contributed by atoms with Gasteiger partial charge in [0, 0.05) is 31.0 Å². The van der Waals surface area contributed by atoms with E-state index >= 15 is 0 Å². The lowest BCUT2D eigenvalue weighted by Gasteiger charge is -2.32. The van der Waals surface area contributed by atoms with Crippen molar-refractivity contribution in [1.29, 1.82) is 0 Å². The van der Waals surface area contributed by atoms with Crippen LogP contribution in [0.15, 0.2) is 30.6 Å². The van der Waals surface area contributed by atoms with Crippen molar-refractivity contribution in [2.45, 2.75) is 63.5 Å². The third kappa shape index (κ3) is 3.67. The Labute approximate surface area is 156 Å². The van der Waals surface area contributed by atoms with Crippen molar-refractivity contribution in [3.05, 3.63) is 41.9 Å². The van der Waals surface area contributed by atoms with Crippen LogP contribution in [0.5, 0.6) is 0 Å². The molecule has 0 bridgehead atoms. The van der Waals surface area contributed by atoms with E-state index in [-0.39, 0.29) is 18.5 Å². The summed E-state index contributed by atoms with van der Waals surface area (Å²) in [5, 5.41) is 7.65. The van der Waals surface area contributed by atoms with Crippen LogP contribution in [0.25, 0.3) is 0 Å². The maximum atomic E-state index is 13.6. The van der Waals surface area contributed by atoms with E-state index in [0.717, 1.165) is 41.9 Å². The minimum atomic E-state index is -4.29. The molecule has 8 heteroatoms. The fourth-order valence-electron chi connectivity index (χ4n) is 4.18. The number of likely N-dealkylation sites (tertiary alicyclic amines) is 1. The fourth-order valence-corrected chi connectivity index (χ4v) is 4.18. The lowest BCUT2D eigenvalue weighted by Crippen LogP contribution is -2.38. The summed E-state index contributed by atoms with van der Waals surface area (Å²) in [6.07, 6.45) is 1.88. The molecule has 4 heterocycles. The van der Waals surface area contributed by atoms with Gasteiger partial charge in [-0.05, 0) is 43.9 Å². The van der Waals surface area contributed by atoms with E-state index in [2.05, 4.69) is 20.3 Å². The van der Waals surface area contributed by atoms with Gasteiger partial charge in [0.1, 0.15) is 5.82 Å². The maximum Gasteiger partial charge on any atom is 0.410 e. The summed E-state index contributed by atoms with van der Waals surface area (Å²) in [5.74, 6) is 0.485. The second kappa shape index (κ2) is 7.14.